The van der Waals surface area contributed by atoms with E-state index in [0.717, 1.165) is 27.1 Å². The highest BCUT2D eigenvalue weighted by molar-refractivity contribution is 8.01. The number of amides is 1. The van der Waals surface area contributed by atoms with Crippen LogP contribution < -0.4 is 10.6 Å². The van der Waals surface area contributed by atoms with Gasteiger partial charge in [-0.1, -0.05) is 68.0 Å². The molecular formula is C19H26N4OS2. The summed E-state index contributed by atoms with van der Waals surface area (Å²) in [6, 6.07) is 8.37. The van der Waals surface area contributed by atoms with Gasteiger partial charge in [-0.3, -0.25) is 4.79 Å². The molecule has 1 aliphatic carbocycles. The van der Waals surface area contributed by atoms with Crippen LogP contribution in [0.4, 0.5) is 10.8 Å². The SMILES string of the molecule is Cc1ccccc1Nc1nnc(SCC(=O)N[C@@H]2CCC[C@@H](C)[C@@H]2C)s1. The molecule has 140 valence electrons. The van der Waals surface area contributed by atoms with Crippen molar-refractivity contribution in [2.45, 2.75) is 50.4 Å². The van der Waals surface area contributed by atoms with Crippen LogP contribution in [0.3, 0.4) is 0 Å². The molecule has 26 heavy (non-hydrogen) atoms. The Morgan fingerprint density at radius 3 is 2.88 bits per heavy atom. The third kappa shape index (κ3) is 4.98. The zero-order chi connectivity index (χ0) is 18.5. The molecule has 3 atom stereocenters. The molecule has 5 nitrogen and oxygen atoms in total. The minimum atomic E-state index is 0.0876. The average molecular weight is 391 g/mol. The van der Waals surface area contributed by atoms with E-state index in [0.29, 0.717) is 23.6 Å². The minimum absolute atomic E-state index is 0.0876. The van der Waals surface area contributed by atoms with Gasteiger partial charge < -0.3 is 10.6 Å². The summed E-state index contributed by atoms with van der Waals surface area (Å²) in [6.45, 7) is 6.58. The number of para-hydroxylation sites is 1. The van der Waals surface area contributed by atoms with Gasteiger partial charge in [0.25, 0.3) is 0 Å². The number of aromatic nitrogens is 2. The summed E-state index contributed by atoms with van der Waals surface area (Å²) >= 11 is 2.92. The summed E-state index contributed by atoms with van der Waals surface area (Å²) in [5.74, 6) is 1.70. The standard InChI is InChI=1S/C19H26N4OS2/c1-12-8-6-10-16(14(12)3)20-17(24)11-25-19-23-22-18(26-19)21-15-9-5-4-7-13(15)2/h4-5,7,9,12,14,16H,6,8,10-11H2,1-3H3,(H,20,24)(H,21,22)/t12-,14+,16-/m1/s1. The van der Waals surface area contributed by atoms with Gasteiger partial charge in [-0.05, 0) is 36.8 Å². The van der Waals surface area contributed by atoms with Crippen LogP contribution in [0, 0.1) is 18.8 Å². The molecule has 2 aromatic rings. The van der Waals surface area contributed by atoms with Gasteiger partial charge in [-0.25, -0.2) is 0 Å². The Labute approximate surface area is 163 Å². The molecule has 0 radical (unpaired) electrons. The van der Waals surface area contributed by atoms with Gasteiger partial charge in [0.2, 0.25) is 11.0 Å². The second-order valence-corrected chi connectivity index (χ2v) is 9.24. The van der Waals surface area contributed by atoms with E-state index in [2.05, 4.69) is 47.7 Å². The lowest BCUT2D eigenvalue weighted by atomic mass is 9.78. The Bertz CT molecular complexity index is 749. The summed E-state index contributed by atoms with van der Waals surface area (Å²) in [5, 5.41) is 15.6. The number of thioether (sulfide) groups is 1. The Morgan fingerprint density at radius 2 is 2.08 bits per heavy atom. The van der Waals surface area contributed by atoms with Crippen LogP contribution in [0.25, 0.3) is 0 Å². The van der Waals surface area contributed by atoms with Crippen LogP contribution in [0.5, 0.6) is 0 Å². The highest BCUT2D eigenvalue weighted by atomic mass is 32.2. The lowest BCUT2D eigenvalue weighted by Crippen LogP contribution is -2.44. The van der Waals surface area contributed by atoms with Crippen LogP contribution in [-0.2, 0) is 4.79 Å². The van der Waals surface area contributed by atoms with Gasteiger partial charge in [0.15, 0.2) is 4.34 Å². The number of aryl methyl sites for hydroxylation is 1. The van der Waals surface area contributed by atoms with Crippen molar-refractivity contribution in [1.29, 1.82) is 0 Å². The van der Waals surface area contributed by atoms with Gasteiger partial charge in [0.05, 0.1) is 5.75 Å². The van der Waals surface area contributed by atoms with E-state index in [1.165, 1.54) is 35.9 Å². The smallest absolute Gasteiger partial charge is 0.230 e. The van der Waals surface area contributed by atoms with Crippen LogP contribution in [0.2, 0.25) is 0 Å². The molecule has 1 saturated carbocycles. The van der Waals surface area contributed by atoms with Crippen LogP contribution >= 0.6 is 23.1 Å². The molecule has 7 heteroatoms. The number of nitrogens with zero attached hydrogens (tertiary/aromatic N) is 2. The fraction of sp³-hybridized carbons (Fsp3) is 0.526. The molecule has 0 spiro atoms. The molecule has 1 aliphatic rings. The van der Waals surface area contributed by atoms with E-state index >= 15 is 0 Å². The lowest BCUT2D eigenvalue weighted by molar-refractivity contribution is -0.119. The normalized spacial score (nSPS) is 22.8. The first-order valence-corrected chi connectivity index (χ1v) is 10.9. The molecular weight excluding hydrogens is 364 g/mol. The summed E-state index contributed by atoms with van der Waals surface area (Å²) in [4.78, 5) is 12.3. The summed E-state index contributed by atoms with van der Waals surface area (Å²) in [5.41, 5.74) is 2.19. The molecule has 0 saturated heterocycles. The molecule has 1 fully saturated rings. The number of nitrogens with one attached hydrogen (secondary N) is 2. The Kier molecular flexibility index (Phi) is 6.53. The van der Waals surface area contributed by atoms with Crippen LogP contribution in [0.1, 0.15) is 38.7 Å². The number of hydrogen-bond acceptors (Lipinski definition) is 6. The minimum Gasteiger partial charge on any atom is -0.352 e. The molecule has 1 heterocycles. The molecule has 1 aromatic carbocycles. The molecule has 3 rings (SSSR count). The van der Waals surface area contributed by atoms with E-state index < -0.39 is 0 Å². The fourth-order valence-electron chi connectivity index (χ4n) is 3.31. The maximum Gasteiger partial charge on any atom is 0.230 e. The van der Waals surface area contributed by atoms with Gasteiger partial charge >= 0.3 is 0 Å². The summed E-state index contributed by atoms with van der Waals surface area (Å²) in [6.07, 6.45) is 3.56. The fourth-order valence-corrected chi connectivity index (χ4v) is 4.88. The van der Waals surface area contributed by atoms with Crippen molar-refractivity contribution >= 4 is 39.8 Å². The van der Waals surface area contributed by atoms with Gasteiger partial charge in [-0.2, -0.15) is 0 Å². The Morgan fingerprint density at radius 1 is 1.27 bits per heavy atom. The third-order valence-corrected chi connectivity index (χ3v) is 7.15. The molecule has 0 aliphatic heterocycles. The molecule has 0 unspecified atom stereocenters. The summed E-state index contributed by atoms with van der Waals surface area (Å²) < 4.78 is 0.807. The van der Waals surface area contributed by atoms with Crippen molar-refractivity contribution in [1.82, 2.24) is 15.5 Å². The Hall–Kier alpha value is -1.60. The first-order chi connectivity index (χ1) is 12.5. The van der Waals surface area contributed by atoms with Gasteiger partial charge in [0.1, 0.15) is 0 Å². The molecule has 1 aromatic heterocycles. The van der Waals surface area contributed by atoms with Crippen molar-refractivity contribution < 1.29 is 4.79 Å². The second kappa shape index (κ2) is 8.86. The average Bonchev–Trinajstić information content (AvgIpc) is 3.07. The van der Waals surface area contributed by atoms with E-state index in [-0.39, 0.29) is 5.91 Å². The maximum atomic E-state index is 12.3. The number of hydrogen-bond donors (Lipinski definition) is 2. The molecule has 0 bridgehead atoms. The first-order valence-electron chi connectivity index (χ1n) is 9.11. The largest absolute Gasteiger partial charge is 0.352 e. The number of benzene rings is 1. The molecule has 1 amide bonds. The summed E-state index contributed by atoms with van der Waals surface area (Å²) in [7, 11) is 0. The third-order valence-electron chi connectivity index (χ3n) is 5.17. The predicted octanol–water partition coefficient (Wildman–Crippen LogP) is 4.62. The predicted molar refractivity (Wildman–Crippen MR) is 109 cm³/mol. The number of anilines is 2. The quantitative estimate of drug-likeness (QED) is 0.704. The number of carbonyl (C=O) groups excluding carboxylic acids is 1. The van der Waals surface area contributed by atoms with E-state index in [4.69, 9.17) is 0 Å². The second-order valence-electron chi connectivity index (χ2n) is 7.04. The zero-order valence-electron chi connectivity index (χ0n) is 15.5. The van der Waals surface area contributed by atoms with E-state index in [9.17, 15) is 4.79 Å². The van der Waals surface area contributed by atoms with E-state index in [1.807, 2.05) is 18.2 Å². The number of carbonyl (C=O) groups is 1. The van der Waals surface area contributed by atoms with Gasteiger partial charge in [-0.15, -0.1) is 10.2 Å². The van der Waals surface area contributed by atoms with Crippen molar-refractivity contribution in [2.75, 3.05) is 11.1 Å². The van der Waals surface area contributed by atoms with Crippen molar-refractivity contribution in [3.63, 3.8) is 0 Å². The maximum absolute atomic E-state index is 12.3. The number of rotatable bonds is 6. The van der Waals surface area contributed by atoms with Crippen molar-refractivity contribution in [3.05, 3.63) is 29.8 Å². The van der Waals surface area contributed by atoms with Crippen LogP contribution in [-0.4, -0.2) is 27.9 Å². The zero-order valence-corrected chi connectivity index (χ0v) is 17.1. The highest BCUT2D eigenvalue weighted by Gasteiger charge is 2.28. The van der Waals surface area contributed by atoms with Crippen molar-refractivity contribution in [2.24, 2.45) is 11.8 Å². The monoisotopic (exact) mass is 390 g/mol. The van der Waals surface area contributed by atoms with Gasteiger partial charge in [0, 0.05) is 11.7 Å². The van der Waals surface area contributed by atoms with Crippen LogP contribution in [0.15, 0.2) is 28.6 Å². The highest BCUT2D eigenvalue weighted by Crippen LogP contribution is 2.31. The lowest BCUT2D eigenvalue weighted by Gasteiger charge is -2.34. The topological polar surface area (TPSA) is 66.9 Å². The van der Waals surface area contributed by atoms with Crippen molar-refractivity contribution in [3.8, 4) is 0 Å². The first kappa shape index (κ1) is 19.2. The van der Waals surface area contributed by atoms with E-state index in [1.54, 1.807) is 0 Å². The Balaban J connectivity index is 1.48. The molecule has 2 N–H and O–H groups in total.